The average Bonchev–Trinajstić information content (AvgIpc) is 3.17. The molecular weight excluding hydrogens is 455 g/mol. The Bertz CT molecular complexity index is 1120. The number of piperazine rings is 1. The summed E-state index contributed by atoms with van der Waals surface area (Å²) < 4.78 is 6.39. The molecule has 0 unspecified atom stereocenters. The van der Waals surface area contributed by atoms with Crippen LogP contribution in [0.4, 0.5) is 10.8 Å². The van der Waals surface area contributed by atoms with Crippen LogP contribution in [-0.2, 0) is 4.79 Å². The van der Waals surface area contributed by atoms with Gasteiger partial charge in [-0.2, -0.15) is 0 Å². The molecule has 162 valence electrons. The summed E-state index contributed by atoms with van der Waals surface area (Å²) in [7, 11) is 1.66. The fraction of sp³-hybridized carbons (Fsp3) is 0.364. The summed E-state index contributed by atoms with van der Waals surface area (Å²) in [6.07, 6.45) is 0. The van der Waals surface area contributed by atoms with Gasteiger partial charge in [-0.25, -0.2) is 4.98 Å². The van der Waals surface area contributed by atoms with Gasteiger partial charge < -0.3 is 19.4 Å². The largest absolute Gasteiger partial charge is 0.497 e. The van der Waals surface area contributed by atoms with E-state index in [1.54, 1.807) is 24.5 Å². The number of benzene rings is 2. The molecule has 0 spiro atoms. The third-order valence-corrected chi connectivity index (χ3v) is 7.84. The molecule has 0 aliphatic carbocycles. The Hall–Kier alpha value is -2.22. The SMILES string of the molecule is COc1ccc2nc(N3CC(C(=O)N4CCN(c5cccc(Cl)c5Cl)CC4)C3)sc2c1. The predicted molar refractivity (Wildman–Crippen MR) is 127 cm³/mol. The maximum absolute atomic E-state index is 13.0. The van der Waals surface area contributed by atoms with E-state index in [0.29, 0.717) is 23.1 Å². The average molecular weight is 477 g/mol. The molecule has 0 atom stereocenters. The Labute approximate surface area is 194 Å². The fourth-order valence-corrected chi connectivity index (χ4v) is 5.54. The number of fused-ring (bicyclic) bond motifs is 1. The van der Waals surface area contributed by atoms with Crippen LogP contribution >= 0.6 is 34.5 Å². The van der Waals surface area contributed by atoms with Gasteiger partial charge in [-0.1, -0.05) is 40.6 Å². The minimum Gasteiger partial charge on any atom is -0.497 e. The van der Waals surface area contributed by atoms with Crippen molar-refractivity contribution in [1.29, 1.82) is 0 Å². The molecule has 9 heteroatoms. The van der Waals surface area contributed by atoms with E-state index in [1.807, 2.05) is 35.2 Å². The van der Waals surface area contributed by atoms with Gasteiger partial charge in [0.1, 0.15) is 5.75 Å². The molecular formula is C22H22Cl2N4O2S. The lowest BCUT2D eigenvalue weighted by Gasteiger charge is -2.43. The fourth-order valence-electron chi connectivity index (χ4n) is 4.11. The zero-order valence-corrected chi connectivity index (χ0v) is 19.4. The van der Waals surface area contributed by atoms with Crippen LogP contribution in [-0.4, -0.2) is 62.2 Å². The van der Waals surface area contributed by atoms with Crippen molar-refractivity contribution < 1.29 is 9.53 Å². The molecule has 1 amide bonds. The highest BCUT2D eigenvalue weighted by Gasteiger charge is 2.37. The van der Waals surface area contributed by atoms with E-state index < -0.39 is 0 Å². The van der Waals surface area contributed by atoms with E-state index >= 15 is 0 Å². The van der Waals surface area contributed by atoms with Gasteiger partial charge in [0.05, 0.1) is 39.0 Å². The summed E-state index contributed by atoms with van der Waals surface area (Å²) in [5, 5.41) is 2.10. The number of rotatable bonds is 4. The molecule has 31 heavy (non-hydrogen) atoms. The topological polar surface area (TPSA) is 48.9 Å². The third kappa shape index (κ3) is 3.90. The number of halogens is 2. The molecule has 0 saturated carbocycles. The van der Waals surface area contributed by atoms with E-state index in [0.717, 1.165) is 53.0 Å². The van der Waals surface area contributed by atoms with E-state index in [-0.39, 0.29) is 11.8 Å². The lowest BCUT2D eigenvalue weighted by Crippen LogP contribution is -2.58. The van der Waals surface area contributed by atoms with E-state index in [1.165, 1.54) is 0 Å². The highest BCUT2D eigenvalue weighted by Crippen LogP contribution is 2.36. The molecule has 0 radical (unpaired) electrons. The summed E-state index contributed by atoms with van der Waals surface area (Å²) in [5.74, 6) is 1.09. The van der Waals surface area contributed by atoms with Gasteiger partial charge >= 0.3 is 0 Å². The lowest BCUT2D eigenvalue weighted by molar-refractivity contribution is -0.136. The van der Waals surface area contributed by atoms with Gasteiger partial charge in [-0.05, 0) is 30.3 Å². The quantitative estimate of drug-likeness (QED) is 0.558. The molecule has 6 nitrogen and oxygen atoms in total. The number of aromatic nitrogens is 1. The van der Waals surface area contributed by atoms with Crippen molar-refractivity contribution in [3.05, 3.63) is 46.4 Å². The maximum atomic E-state index is 13.0. The number of nitrogens with zero attached hydrogens (tertiary/aromatic N) is 4. The Morgan fingerprint density at radius 3 is 2.61 bits per heavy atom. The summed E-state index contributed by atoms with van der Waals surface area (Å²) in [6, 6.07) is 11.6. The number of amides is 1. The molecule has 1 aromatic heterocycles. The van der Waals surface area contributed by atoms with Crippen LogP contribution in [0.1, 0.15) is 0 Å². The third-order valence-electron chi connectivity index (χ3n) is 5.95. The molecule has 0 bridgehead atoms. The van der Waals surface area contributed by atoms with Crippen LogP contribution in [0, 0.1) is 5.92 Å². The van der Waals surface area contributed by atoms with Crippen LogP contribution in [0.5, 0.6) is 5.75 Å². The Balaban J connectivity index is 1.17. The highest BCUT2D eigenvalue weighted by molar-refractivity contribution is 7.22. The Kier molecular flexibility index (Phi) is 5.58. The zero-order valence-electron chi connectivity index (χ0n) is 17.1. The van der Waals surface area contributed by atoms with Gasteiger partial charge in [0.25, 0.3) is 0 Å². The lowest BCUT2D eigenvalue weighted by atomic mass is 9.99. The molecule has 0 N–H and O–H groups in total. The van der Waals surface area contributed by atoms with E-state index in [4.69, 9.17) is 32.9 Å². The smallest absolute Gasteiger partial charge is 0.229 e. The number of hydrogen-bond acceptors (Lipinski definition) is 6. The Morgan fingerprint density at radius 1 is 1.10 bits per heavy atom. The number of carbonyl (C=O) groups excluding carboxylic acids is 1. The molecule has 2 fully saturated rings. The molecule has 5 rings (SSSR count). The first-order valence-electron chi connectivity index (χ1n) is 10.2. The normalized spacial score (nSPS) is 17.2. The molecule has 2 saturated heterocycles. The van der Waals surface area contributed by atoms with E-state index in [2.05, 4.69) is 9.80 Å². The van der Waals surface area contributed by atoms with Crippen molar-refractivity contribution in [2.75, 3.05) is 56.2 Å². The number of hydrogen-bond donors (Lipinski definition) is 0. The minimum absolute atomic E-state index is 0.0304. The second-order valence-corrected chi connectivity index (χ2v) is 9.61. The molecule has 2 aliphatic heterocycles. The van der Waals surface area contributed by atoms with Gasteiger partial charge in [0.15, 0.2) is 5.13 Å². The van der Waals surface area contributed by atoms with Crippen LogP contribution in [0.2, 0.25) is 10.0 Å². The number of ether oxygens (including phenoxy) is 1. The van der Waals surface area contributed by atoms with Gasteiger partial charge in [-0.3, -0.25) is 4.79 Å². The number of methoxy groups -OCH3 is 1. The van der Waals surface area contributed by atoms with Crippen molar-refractivity contribution in [3.63, 3.8) is 0 Å². The predicted octanol–water partition coefficient (Wildman–Crippen LogP) is 4.40. The first-order chi connectivity index (χ1) is 15.0. The van der Waals surface area contributed by atoms with Crippen molar-refractivity contribution >= 4 is 61.5 Å². The number of thiazole rings is 1. The zero-order chi connectivity index (χ0) is 21.5. The van der Waals surface area contributed by atoms with Gasteiger partial charge in [0, 0.05) is 39.3 Å². The maximum Gasteiger partial charge on any atom is 0.229 e. The summed E-state index contributed by atoms with van der Waals surface area (Å²) in [4.78, 5) is 24.0. The monoisotopic (exact) mass is 476 g/mol. The van der Waals surface area contributed by atoms with Crippen LogP contribution in [0.25, 0.3) is 10.2 Å². The second-order valence-electron chi connectivity index (χ2n) is 7.82. The molecule has 2 aliphatic rings. The van der Waals surface area contributed by atoms with Gasteiger partial charge in [-0.15, -0.1) is 0 Å². The number of anilines is 2. The van der Waals surface area contributed by atoms with Crippen molar-refractivity contribution in [3.8, 4) is 5.75 Å². The first-order valence-corrected chi connectivity index (χ1v) is 11.8. The van der Waals surface area contributed by atoms with Crippen molar-refractivity contribution in [1.82, 2.24) is 9.88 Å². The second kappa shape index (κ2) is 8.37. The molecule has 3 heterocycles. The minimum atomic E-state index is 0.0304. The van der Waals surface area contributed by atoms with Crippen molar-refractivity contribution in [2.45, 2.75) is 0 Å². The standard InChI is InChI=1S/C22H22Cl2N4O2S/c1-30-15-5-6-17-19(11-15)31-22(25-17)28-12-14(13-28)21(29)27-9-7-26(8-10-27)18-4-2-3-16(23)20(18)24/h2-6,11,14H,7-10,12-13H2,1H3. The van der Waals surface area contributed by atoms with Crippen molar-refractivity contribution in [2.24, 2.45) is 5.92 Å². The van der Waals surface area contributed by atoms with Crippen LogP contribution < -0.4 is 14.5 Å². The molecule has 2 aromatic carbocycles. The summed E-state index contributed by atoms with van der Waals surface area (Å²) in [5.41, 5.74) is 1.90. The highest BCUT2D eigenvalue weighted by atomic mass is 35.5. The van der Waals surface area contributed by atoms with E-state index in [9.17, 15) is 4.79 Å². The summed E-state index contributed by atoms with van der Waals surface area (Å²) >= 11 is 14.1. The van der Waals surface area contributed by atoms with Gasteiger partial charge in [0.2, 0.25) is 5.91 Å². The molecule has 3 aromatic rings. The first kappa shape index (κ1) is 20.7. The Morgan fingerprint density at radius 2 is 1.87 bits per heavy atom. The van der Waals surface area contributed by atoms with Crippen LogP contribution in [0.3, 0.4) is 0 Å². The number of carbonyl (C=O) groups is 1. The van der Waals surface area contributed by atoms with Crippen LogP contribution in [0.15, 0.2) is 36.4 Å². The summed E-state index contributed by atoms with van der Waals surface area (Å²) in [6.45, 7) is 4.33.